The standard InChI is InChI=1S/C12H20N4O4S/c1-9-12(10(2)20-14-9)21(18,19)15(3)8-11(17)16-6-4-13-5-7-16/h13H,4-8H2,1-3H3. The summed E-state index contributed by atoms with van der Waals surface area (Å²) in [6, 6.07) is 0. The first-order chi connectivity index (χ1) is 9.84. The summed E-state index contributed by atoms with van der Waals surface area (Å²) in [4.78, 5) is 13.9. The molecule has 1 aliphatic rings. The van der Waals surface area contributed by atoms with E-state index in [0.29, 0.717) is 18.8 Å². The molecule has 1 N–H and O–H groups in total. The number of aryl methyl sites for hydroxylation is 2. The highest BCUT2D eigenvalue weighted by atomic mass is 32.2. The quantitative estimate of drug-likeness (QED) is 0.792. The molecule has 21 heavy (non-hydrogen) atoms. The van der Waals surface area contributed by atoms with Gasteiger partial charge in [-0.05, 0) is 13.8 Å². The molecule has 0 unspecified atom stereocenters. The lowest BCUT2D eigenvalue weighted by atomic mass is 10.3. The minimum Gasteiger partial charge on any atom is -0.360 e. The molecular weight excluding hydrogens is 296 g/mol. The van der Waals surface area contributed by atoms with Crippen molar-refractivity contribution in [3.8, 4) is 0 Å². The number of nitrogens with zero attached hydrogens (tertiary/aromatic N) is 3. The number of carbonyl (C=O) groups excluding carboxylic acids is 1. The smallest absolute Gasteiger partial charge is 0.248 e. The Morgan fingerprint density at radius 3 is 2.52 bits per heavy atom. The number of sulfonamides is 1. The van der Waals surface area contributed by atoms with Gasteiger partial charge in [0, 0.05) is 33.2 Å². The lowest BCUT2D eigenvalue weighted by Gasteiger charge is -2.29. The lowest BCUT2D eigenvalue weighted by molar-refractivity contribution is -0.131. The Kier molecular flexibility index (Phi) is 4.64. The first-order valence-corrected chi connectivity index (χ1v) is 8.15. The summed E-state index contributed by atoms with van der Waals surface area (Å²) in [6.45, 7) is 5.56. The molecule has 1 saturated heterocycles. The van der Waals surface area contributed by atoms with E-state index in [-0.39, 0.29) is 23.1 Å². The second-order valence-electron chi connectivity index (χ2n) is 5.05. The van der Waals surface area contributed by atoms with Crippen LogP contribution in [0.4, 0.5) is 0 Å². The van der Waals surface area contributed by atoms with Gasteiger partial charge in [0.25, 0.3) is 0 Å². The van der Waals surface area contributed by atoms with E-state index < -0.39 is 10.0 Å². The zero-order chi connectivity index (χ0) is 15.6. The summed E-state index contributed by atoms with van der Waals surface area (Å²) in [5.41, 5.74) is 0.300. The van der Waals surface area contributed by atoms with Crippen LogP contribution in [-0.2, 0) is 14.8 Å². The third-order valence-corrected chi connectivity index (χ3v) is 5.51. The third-order valence-electron chi connectivity index (χ3n) is 3.46. The van der Waals surface area contributed by atoms with E-state index in [4.69, 9.17) is 4.52 Å². The summed E-state index contributed by atoms with van der Waals surface area (Å²) >= 11 is 0. The minimum absolute atomic E-state index is 0.0399. The number of rotatable bonds is 4. The average molecular weight is 316 g/mol. The van der Waals surface area contributed by atoms with Crippen molar-refractivity contribution in [1.29, 1.82) is 0 Å². The summed E-state index contributed by atoms with van der Waals surface area (Å²) in [6.07, 6.45) is 0. The molecule has 9 heteroatoms. The Balaban J connectivity index is 2.12. The van der Waals surface area contributed by atoms with Gasteiger partial charge in [-0.1, -0.05) is 5.16 Å². The summed E-state index contributed by atoms with van der Waals surface area (Å²) in [7, 11) is -2.39. The fourth-order valence-corrected chi connectivity index (χ4v) is 3.69. The Hall–Kier alpha value is -1.45. The predicted molar refractivity (Wildman–Crippen MR) is 75.2 cm³/mol. The van der Waals surface area contributed by atoms with E-state index in [2.05, 4.69) is 10.5 Å². The van der Waals surface area contributed by atoms with E-state index in [0.717, 1.165) is 17.4 Å². The molecule has 1 aromatic rings. The maximum atomic E-state index is 12.5. The van der Waals surface area contributed by atoms with Gasteiger partial charge in [0.2, 0.25) is 15.9 Å². The first kappa shape index (κ1) is 15.9. The van der Waals surface area contributed by atoms with Crippen molar-refractivity contribution < 1.29 is 17.7 Å². The van der Waals surface area contributed by atoms with Crippen LogP contribution in [0.15, 0.2) is 9.42 Å². The molecule has 0 aromatic carbocycles. The zero-order valence-corrected chi connectivity index (χ0v) is 13.2. The molecule has 0 bridgehead atoms. The summed E-state index contributed by atoms with van der Waals surface area (Å²) < 4.78 is 30.9. The van der Waals surface area contributed by atoms with Crippen LogP contribution in [-0.4, -0.2) is 68.5 Å². The molecule has 8 nitrogen and oxygen atoms in total. The van der Waals surface area contributed by atoms with Crippen LogP contribution >= 0.6 is 0 Å². The number of nitrogens with one attached hydrogen (secondary N) is 1. The Bertz CT molecular complexity index is 600. The van der Waals surface area contributed by atoms with E-state index in [1.807, 2.05) is 0 Å². The maximum absolute atomic E-state index is 12.5. The van der Waals surface area contributed by atoms with Gasteiger partial charge in [-0.3, -0.25) is 4.79 Å². The Labute approximate surface area is 124 Å². The number of likely N-dealkylation sites (N-methyl/N-ethyl adjacent to an activating group) is 1. The predicted octanol–water partition coefficient (Wildman–Crippen LogP) is -0.656. The Morgan fingerprint density at radius 1 is 1.38 bits per heavy atom. The van der Waals surface area contributed by atoms with E-state index >= 15 is 0 Å². The maximum Gasteiger partial charge on any atom is 0.248 e. The van der Waals surface area contributed by atoms with Gasteiger partial charge in [0.15, 0.2) is 5.76 Å². The normalized spacial score (nSPS) is 16.5. The van der Waals surface area contributed by atoms with E-state index in [1.165, 1.54) is 7.05 Å². The van der Waals surface area contributed by atoms with E-state index in [9.17, 15) is 13.2 Å². The van der Waals surface area contributed by atoms with Gasteiger partial charge in [0.1, 0.15) is 10.6 Å². The van der Waals surface area contributed by atoms with Gasteiger partial charge in [-0.2, -0.15) is 4.31 Å². The number of piperazine rings is 1. The van der Waals surface area contributed by atoms with E-state index in [1.54, 1.807) is 18.7 Å². The van der Waals surface area contributed by atoms with Crippen molar-refractivity contribution >= 4 is 15.9 Å². The topological polar surface area (TPSA) is 95.8 Å². The number of amides is 1. The fourth-order valence-electron chi connectivity index (χ4n) is 2.29. The average Bonchev–Trinajstić information content (AvgIpc) is 2.79. The summed E-state index contributed by atoms with van der Waals surface area (Å²) in [5.74, 6) is 0.0308. The van der Waals surface area contributed by atoms with Crippen LogP contribution in [0.3, 0.4) is 0 Å². The Morgan fingerprint density at radius 2 is 2.00 bits per heavy atom. The molecule has 0 spiro atoms. The van der Waals surface area contributed by atoms with Gasteiger partial charge >= 0.3 is 0 Å². The number of aromatic nitrogens is 1. The summed E-state index contributed by atoms with van der Waals surface area (Å²) in [5, 5.41) is 6.79. The molecule has 0 atom stereocenters. The number of carbonyl (C=O) groups is 1. The number of hydrogen-bond acceptors (Lipinski definition) is 6. The first-order valence-electron chi connectivity index (χ1n) is 6.71. The second-order valence-corrected chi connectivity index (χ2v) is 7.03. The van der Waals surface area contributed by atoms with Gasteiger partial charge in [-0.15, -0.1) is 0 Å². The largest absolute Gasteiger partial charge is 0.360 e. The van der Waals surface area contributed by atoms with Gasteiger partial charge < -0.3 is 14.7 Å². The van der Waals surface area contributed by atoms with Crippen molar-refractivity contribution in [2.24, 2.45) is 0 Å². The zero-order valence-electron chi connectivity index (χ0n) is 12.4. The molecule has 0 aliphatic carbocycles. The fraction of sp³-hybridized carbons (Fsp3) is 0.667. The van der Waals surface area contributed by atoms with Gasteiger partial charge in [-0.25, -0.2) is 8.42 Å². The third kappa shape index (κ3) is 3.25. The highest BCUT2D eigenvalue weighted by molar-refractivity contribution is 7.89. The molecule has 2 rings (SSSR count). The van der Waals surface area contributed by atoms with Crippen LogP contribution in [0.1, 0.15) is 11.5 Å². The highest BCUT2D eigenvalue weighted by Gasteiger charge is 2.30. The van der Waals surface area contributed by atoms with Crippen LogP contribution in [0.5, 0.6) is 0 Å². The minimum atomic E-state index is -3.78. The number of hydrogen-bond donors (Lipinski definition) is 1. The lowest BCUT2D eigenvalue weighted by Crippen LogP contribution is -2.49. The van der Waals surface area contributed by atoms with Crippen molar-refractivity contribution in [1.82, 2.24) is 19.7 Å². The van der Waals surface area contributed by atoms with Crippen LogP contribution in [0.25, 0.3) is 0 Å². The molecule has 1 fully saturated rings. The molecular formula is C12H20N4O4S. The molecule has 0 radical (unpaired) electrons. The van der Waals surface area contributed by atoms with Crippen molar-refractivity contribution in [3.05, 3.63) is 11.5 Å². The van der Waals surface area contributed by atoms with Crippen LogP contribution in [0.2, 0.25) is 0 Å². The molecule has 1 amide bonds. The SMILES string of the molecule is Cc1noc(C)c1S(=O)(=O)N(C)CC(=O)N1CCNCC1. The molecule has 2 heterocycles. The van der Waals surface area contributed by atoms with Crippen LogP contribution < -0.4 is 5.32 Å². The molecule has 1 aromatic heterocycles. The van der Waals surface area contributed by atoms with Crippen molar-refractivity contribution in [3.63, 3.8) is 0 Å². The van der Waals surface area contributed by atoms with Crippen molar-refractivity contribution in [2.45, 2.75) is 18.7 Å². The molecule has 0 saturated carbocycles. The van der Waals surface area contributed by atoms with Crippen molar-refractivity contribution in [2.75, 3.05) is 39.8 Å². The highest BCUT2D eigenvalue weighted by Crippen LogP contribution is 2.22. The van der Waals surface area contributed by atoms with Gasteiger partial charge in [0.05, 0.1) is 6.54 Å². The molecule has 118 valence electrons. The monoisotopic (exact) mass is 316 g/mol. The second kappa shape index (κ2) is 6.12. The van der Waals surface area contributed by atoms with Crippen LogP contribution in [0, 0.1) is 13.8 Å². The molecule has 1 aliphatic heterocycles.